The lowest BCUT2D eigenvalue weighted by Crippen LogP contribution is -2.25. The van der Waals surface area contributed by atoms with Gasteiger partial charge in [-0.3, -0.25) is 4.79 Å². The summed E-state index contributed by atoms with van der Waals surface area (Å²) in [5.41, 5.74) is 0.462. The summed E-state index contributed by atoms with van der Waals surface area (Å²) in [6.07, 6.45) is -1.46. The van der Waals surface area contributed by atoms with Gasteiger partial charge in [-0.15, -0.1) is 0 Å². The number of sulfone groups is 1. The zero-order chi connectivity index (χ0) is 30.1. The second kappa shape index (κ2) is 11.4. The van der Waals surface area contributed by atoms with Crippen LogP contribution in [0.2, 0.25) is 0 Å². The molecule has 3 aromatic carbocycles. The lowest BCUT2D eigenvalue weighted by Gasteiger charge is -2.21. The third-order valence-corrected chi connectivity index (χ3v) is 7.97. The zero-order valence-electron chi connectivity index (χ0n) is 22.4. The molecule has 42 heavy (non-hydrogen) atoms. The molecule has 0 radical (unpaired) electrons. The van der Waals surface area contributed by atoms with Crippen LogP contribution in [0.5, 0.6) is 0 Å². The van der Waals surface area contributed by atoms with Crippen molar-refractivity contribution in [2.24, 2.45) is 5.92 Å². The van der Waals surface area contributed by atoms with Crippen LogP contribution in [0.3, 0.4) is 0 Å². The topological polar surface area (TPSA) is 117 Å². The zero-order valence-corrected chi connectivity index (χ0v) is 23.2. The molecule has 1 aromatic heterocycles. The Hall–Kier alpha value is -4.47. The SMILES string of the molecule is CS(=O)(=O)c1cccc(C(NCC2CC2)c2cccc(NC(=O)c3cc(C(F)(F)F)nn3-c3cccc(C#N)c3)c2)c1. The summed E-state index contributed by atoms with van der Waals surface area (Å²) in [5, 5.41) is 19.0. The Kier molecular flexibility index (Phi) is 7.90. The monoisotopic (exact) mass is 593 g/mol. The number of carbonyl (C=O) groups is 1. The van der Waals surface area contributed by atoms with Crippen LogP contribution in [0, 0.1) is 17.2 Å². The van der Waals surface area contributed by atoms with E-state index >= 15 is 0 Å². The predicted molar refractivity (Wildman–Crippen MR) is 150 cm³/mol. The summed E-state index contributed by atoms with van der Waals surface area (Å²) >= 11 is 0. The fourth-order valence-electron chi connectivity index (χ4n) is 4.54. The number of nitriles is 1. The molecule has 4 aromatic rings. The second-order valence-electron chi connectivity index (χ2n) is 10.2. The molecule has 0 spiro atoms. The lowest BCUT2D eigenvalue weighted by molar-refractivity contribution is -0.141. The Bertz CT molecular complexity index is 1790. The predicted octanol–water partition coefficient (Wildman–Crippen LogP) is 5.51. The standard InChI is InChI=1S/C30H26F3N5O3S/c1-42(40,41)25-10-4-7-22(15-25)28(35-18-19-11-12-19)21-6-3-8-23(14-21)36-29(39)26-16-27(30(31,32)33)37-38(26)24-9-2-5-20(13-24)17-34/h2-10,13-16,19,28,35H,11-12,18H2,1H3,(H,36,39). The molecular weight excluding hydrogens is 567 g/mol. The Morgan fingerprint density at radius 2 is 1.74 bits per heavy atom. The van der Waals surface area contributed by atoms with E-state index in [9.17, 15) is 31.6 Å². The van der Waals surface area contributed by atoms with Crippen molar-refractivity contribution in [3.05, 3.63) is 107 Å². The maximum absolute atomic E-state index is 13.6. The molecule has 12 heteroatoms. The first-order chi connectivity index (χ1) is 19.9. The van der Waals surface area contributed by atoms with Crippen molar-refractivity contribution in [3.8, 4) is 11.8 Å². The summed E-state index contributed by atoms with van der Waals surface area (Å²) < 4.78 is 66.0. The molecule has 216 valence electrons. The number of rotatable bonds is 9. The van der Waals surface area contributed by atoms with Gasteiger partial charge in [-0.05, 0) is 78.9 Å². The van der Waals surface area contributed by atoms with Crippen molar-refractivity contribution in [2.75, 3.05) is 18.1 Å². The van der Waals surface area contributed by atoms with Gasteiger partial charge in [-0.1, -0.05) is 30.3 Å². The quantitative estimate of drug-likeness (QED) is 0.265. The van der Waals surface area contributed by atoms with Crippen molar-refractivity contribution in [1.29, 1.82) is 5.26 Å². The number of carbonyl (C=O) groups excluding carboxylic acids is 1. The van der Waals surface area contributed by atoms with Crippen LogP contribution in [0.4, 0.5) is 18.9 Å². The fourth-order valence-corrected chi connectivity index (χ4v) is 5.21. The van der Waals surface area contributed by atoms with E-state index < -0.39 is 33.7 Å². The van der Waals surface area contributed by atoms with Crippen LogP contribution in [0.15, 0.2) is 83.8 Å². The van der Waals surface area contributed by atoms with Gasteiger partial charge in [0.25, 0.3) is 5.91 Å². The molecular formula is C30H26F3N5O3S. The number of nitrogens with one attached hydrogen (secondary N) is 2. The largest absolute Gasteiger partial charge is 0.435 e. The summed E-state index contributed by atoms with van der Waals surface area (Å²) in [6, 6.07) is 21.4. The molecule has 1 unspecified atom stereocenters. The van der Waals surface area contributed by atoms with Gasteiger partial charge in [0.2, 0.25) is 0 Å². The first kappa shape index (κ1) is 29.0. The number of aromatic nitrogens is 2. The number of hydrogen-bond donors (Lipinski definition) is 2. The minimum absolute atomic E-state index is 0.124. The highest BCUT2D eigenvalue weighted by Gasteiger charge is 2.36. The van der Waals surface area contributed by atoms with Crippen LogP contribution < -0.4 is 10.6 Å². The van der Waals surface area contributed by atoms with E-state index in [4.69, 9.17) is 0 Å². The molecule has 1 saturated carbocycles. The first-order valence-electron chi connectivity index (χ1n) is 13.0. The number of nitrogens with zero attached hydrogens (tertiary/aromatic N) is 3. The van der Waals surface area contributed by atoms with Gasteiger partial charge < -0.3 is 10.6 Å². The Morgan fingerprint density at radius 3 is 2.40 bits per heavy atom. The molecule has 1 amide bonds. The van der Waals surface area contributed by atoms with Gasteiger partial charge in [-0.25, -0.2) is 13.1 Å². The first-order valence-corrected chi connectivity index (χ1v) is 14.9. The van der Waals surface area contributed by atoms with E-state index in [0.29, 0.717) is 29.8 Å². The highest BCUT2D eigenvalue weighted by atomic mass is 32.2. The number of halogens is 3. The minimum Gasteiger partial charge on any atom is -0.321 e. The third kappa shape index (κ3) is 6.70. The van der Waals surface area contributed by atoms with E-state index in [-0.39, 0.29) is 21.8 Å². The number of hydrogen-bond acceptors (Lipinski definition) is 6. The van der Waals surface area contributed by atoms with Crippen molar-refractivity contribution in [3.63, 3.8) is 0 Å². The summed E-state index contributed by atoms with van der Waals surface area (Å²) in [7, 11) is -3.45. The number of amides is 1. The average molecular weight is 594 g/mol. The molecule has 1 fully saturated rings. The van der Waals surface area contributed by atoms with E-state index in [1.807, 2.05) is 18.2 Å². The number of alkyl halides is 3. The van der Waals surface area contributed by atoms with Crippen molar-refractivity contribution < 1.29 is 26.4 Å². The minimum atomic E-state index is -4.80. The Morgan fingerprint density at radius 1 is 1.05 bits per heavy atom. The van der Waals surface area contributed by atoms with Gasteiger partial charge in [-0.2, -0.15) is 23.5 Å². The van der Waals surface area contributed by atoms with Gasteiger partial charge in [0.1, 0.15) is 5.69 Å². The van der Waals surface area contributed by atoms with Crippen LogP contribution in [-0.4, -0.2) is 36.9 Å². The summed E-state index contributed by atoms with van der Waals surface area (Å²) in [4.78, 5) is 13.5. The van der Waals surface area contributed by atoms with Crippen molar-refractivity contribution in [2.45, 2.75) is 30.0 Å². The van der Waals surface area contributed by atoms with Crippen LogP contribution in [0.1, 0.15) is 51.8 Å². The maximum Gasteiger partial charge on any atom is 0.435 e. The van der Waals surface area contributed by atoms with Crippen molar-refractivity contribution >= 4 is 21.4 Å². The maximum atomic E-state index is 13.6. The van der Waals surface area contributed by atoms with Gasteiger partial charge in [0.05, 0.1) is 28.3 Å². The summed E-state index contributed by atoms with van der Waals surface area (Å²) in [5.74, 6) is -0.310. The third-order valence-electron chi connectivity index (χ3n) is 6.86. The second-order valence-corrected chi connectivity index (χ2v) is 12.2. The molecule has 2 N–H and O–H groups in total. The van der Waals surface area contributed by atoms with Gasteiger partial charge in [0.15, 0.2) is 15.5 Å². The van der Waals surface area contributed by atoms with Crippen molar-refractivity contribution in [1.82, 2.24) is 15.1 Å². The molecule has 0 aliphatic heterocycles. The van der Waals surface area contributed by atoms with Crippen LogP contribution in [-0.2, 0) is 16.0 Å². The van der Waals surface area contributed by atoms with Crippen LogP contribution >= 0.6 is 0 Å². The van der Waals surface area contributed by atoms with Gasteiger partial charge in [0, 0.05) is 18.0 Å². The molecule has 8 nitrogen and oxygen atoms in total. The molecule has 0 saturated heterocycles. The average Bonchev–Trinajstić information content (AvgIpc) is 3.66. The fraction of sp³-hybridized carbons (Fsp3) is 0.233. The molecule has 1 heterocycles. The van der Waals surface area contributed by atoms with Crippen LogP contribution in [0.25, 0.3) is 5.69 Å². The lowest BCUT2D eigenvalue weighted by atomic mass is 9.98. The molecule has 1 aliphatic rings. The molecule has 0 bridgehead atoms. The number of benzene rings is 3. The Balaban J connectivity index is 1.48. The summed E-state index contributed by atoms with van der Waals surface area (Å²) in [6.45, 7) is 0.714. The molecule has 1 atom stereocenters. The smallest absolute Gasteiger partial charge is 0.321 e. The van der Waals surface area contributed by atoms with E-state index in [2.05, 4.69) is 15.7 Å². The molecule has 5 rings (SSSR count). The van der Waals surface area contributed by atoms with E-state index in [0.717, 1.165) is 29.3 Å². The Labute approximate surface area is 240 Å². The molecule has 1 aliphatic carbocycles. The number of anilines is 1. The highest BCUT2D eigenvalue weighted by Crippen LogP contribution is 2.32. The van der Waals surface area contributed by atoms with E-state index in [1.54, 1.807) is 30.3 Å². The van der Waals surface area contributed by atoms with Gasteiger partial charge >= 0.3 is 6.18 Å². The normalized spacial score (nSPS) is 14.3. The highest BCUT2D eigenvalue weighted by molar-refractivity contribution is 7.90. The van der Waals surface area contributed by atoms with E-state index in [1.165, 1.54) is 30.3 Å².